The quantitative estimate of drug-likeness (QED) is 0.862. The third-order valence-electron chi connectivity index (χ3n) is 5.84. The highest BCUT2D eigenvalue weighted by molar-refractivity contribution is 7.10. The average molecular weight is 262 g/mol. The Morgan fingerprint density at radius 1 is 1.11 bits per heavy atom. The molecule has 4 saturated carbocycles. The zero-order valence-electron chi connectivity index (χ0n) is 11.3. The SMILES string of the molecule is Cc1ccsc1C[NH2+]C1C2CC3CC(C2)CC1C3. The van der Waals surface area contributed by atoms with Gasteiger partial charge in [-0.3, -0.25) is 0 Å². The lowest BCUT2D eigenvalue weighted by atomic mass is 9.54. The standard InChI is InChI=1S/C16H23NS/c1-10-2-3-18-15(10)9-17-16-13-5-11-4-12(7-13)8-14(16)6-11/h2-3,11-14,16-17H,4-9H2,1H3/p+1. The molecule has 0 amide bonds. The van der Waals surface area contributed by atoms with Crippen LogP contribution in [0.3, 0.4) is 0 Å². The van der Waals surface area contributed by atoms with Crippen molar-refractivity contribution in [3.63, 3.8) is 0 Å². The molecule has 0 aromatic carbocycles. The Labute approximate surface area is 114 Å². The van der Waals surface area contributed by atoms with Gasteiger partial charge in [-0.1, -0.05) is 0 Å². The van der Waals surface area contributed by atoms with Crippen LogP contribution in [-0.2, 0) is 6.54 Å². The Bertz CT molecular complexity index is 408. The van der Waals surface area contributed by atoms with Crippen LogP contribution in [0.25, 0.3) is 0 Å². The number of hydrogen-bond acceptors (Lipinski definition) is 1. The maximum Gasteiger partial charge on any atom is 0.111 e. The predicted molar refractivity (Wildman–Crippen MR) is 75.5 cm³/mol. The van der Waals surface area contributed by atoms with Crippen LogP contribution in [0.1, 0.15) is 42.5 Å². The highest BCUT2D eigenvalue weighted by atomic mass is 32.1. The van der Waals surface area contributed by atoms with Gasteiger partial charge in [0.25, 0.3) is 0 Å². The molecular weight excluding hydrogens is 238 g/mol. The molecule has 2 heteroatoms. The van der Waals surface area contributed by atoms with Gasteiger partial charge in [0.05, 0.1) is 10.9 Å². The van der Waals surface area contributed by atoms with Gasteiger partial charge in [0.2, 0.25) is 0 Å². The van der Waals surface area contributed by atoms with Crippen LogP contribution in [0.15, 0.2) is 11.4 Å². The van der Waals surface area contributed by atoms with Crippen LogP contribution >= 0.6 is 11.3 Å². The highest BCUT2D eigenvalue weighted by Crippen LogP contribution is 2.52. The summed E-state index contributed by atoms with van der Waals surface area (Å²) in [5, 5.41) is 4.95. The molecule has 0 saturated heterocycles. The number of rotatable bonds is 3. The summed E-state index contributed by atoms with van der Waals surface area (Å²) in [6.45, 7) is 3.49. The van der Waals surface area contributed by atoms with Gasteiger partial charge in [0.15, 0.2) is 0 Å². The summed E-state index contributed by atoms with van der Waals surface area (Å²) in [6, 6.07) is 3.23. The van der Waals surface area contributed by atoms with E-state index in [1.54, 1.807) is 37.0 Å². The second-order valence-electron chi connectivity index (χ2n) is 6.97. The van der Waals surface area contributed by atoms with Crippen molar-refractivity contribution in [2.45, 2.75) is 51.6 Å². The fourth-order valence-corrected chi connectivity index (χ4v) is 6.09. The molecule has 4 bridgehead atoms. The van der Waals surface area contributed by atoms with E-state index in [1.165, 1.54) is 12.1 Å². The van der Waals surface area contributed by atoms with E-state index in [9.17, 15) is 0 Å². The molecule has 98 valence electrons. The molecule has 2 N–H and O–H groups in total. The number of quaternary nitrogens is 1. The zero-order chi connectivity index (χ0) is 12.1. The first-order valence-corrected chi connectivity index (χ1v) is 8.54. The Morgan fingerprint density at radius 2 is 1.78 bits per heavy atom. The Morgan fingerprint density at radius 3 is 2.33 bits per heavy atom. The van der Waals surface area contributed by atoms with E-state index in [0.29, 0.717) is 0 Å². The second-order valence-corrected chi connectivity index (χ2v) is 7.98. The van der Waals surface area contributed by atoms with Crippen molar-refractivity contribution in [3.05, 3.63) is 21.9 Å². The van der Waals surface area contributed by atoms with Gasteiger partial charge < -0.3 is 5.32 Å². The van der Waals surface area contributed by atoms with Crippen molar-refractivity contribution in [1.82, 2.24) is 0 Å². The van der Waals surface area contributed by atoms with Gasteiger partial charge in [-0.15, -0.1) is 11.3 Å². The van der Waals surface area contributed by atoms with Gasteiger partial charge in [-0.05, 0) is 67.9 Å². The van der Waals surface area contributed by atoms with E-state index in [-0.39, 0.29) is 0 Å². The third-order valence-corrected chi connectivity index (χ3v) is 6.89. The Kier molecular flexibility index (Phi) is 2.77. The minimum absolute atomic E-state index is 0.958. The fourth-order valence-electron chi connectivity index (χ4n) is 5.21. The average Bonchev–Trinajstić information content (AvgIpc) is 2.73. The Balaban J connectivity index is 1.45. The lowest BCUT2D eigenvalue weighted by Gasteiger charge is -2.52. The van der Waals surface area contributed by atoms with Crippen LogP contribution in [0.2, 0.25) is 0 Å². The van der Waals surface area contributed by atoms with Crippen molar-refractivity contribution >= 4 is 11.3 Å². The van der Waals surface area contributed by atoms with Crippen molar-refractivity contribution in [2.75, 3.05) is 0 Å². The van der Waals surface area contributed by atoms with Gasteiger partial charge in [-0.25, -0.2) is 0 Å². The summed E-state index contributed by atoms with van der Waals surface area (Å²) in [4.78, 5) is 1.60. The van der Waals surface area contributed by atoms with Crippen molar-refractivity contribution in [3.8, 4) is 0 Å². The van der Waals surface area contributed by atoms with Crippen LogP contribution in [-0.4, -0.2) is 6.04 Å². The lowest BCUT2D eigenvalue weighted by Crippen LogP contribution is -2.93. The second kappa shape index (κ2) is 4.35. The van der Waals surface area contributed by atoms with E-state index >= 15 is 0 Å². The van der Waals surface area contributed by atoms with Gasteiger partial charge >= 0.3 is 0 Å². The number of aryl methyl sites for hydroxylation is 1. The fraction of sp³-hybridized carbons (Fsp3) is 0.750. The zero-order valence-corrected chi connectivity index (χ0v) is 12.1. The molecule has 1 nitrogen and oxygen atoms in total. The summed E-state index contributed by atoms with van der Waals surface area (Å²) < 4.78 is 0. The number of hydrogen-bond donors (Lipinski definition) is 1. The maximum atomic E-state index is 2.70. The summed E-state index contributed by atoms with van der Waals surface area (Å²) >= 11 is 1.94. The summed E-state index contributed by atoms with van der Waals surface area (Å²) in [7, 11) is 0. The molecule has 0 spiro atoms. The topological polar surface area (TPSA) is 16.6 Å². The monoisotopic (exact) mass is 262 g/mol. The molecule has 4 aliphatic rings. The van der Waals surface area contributed by atoms with E-state index in [4.69, 9.17) is 0 Å². The molecule has 1 aromatic heterocycles. The molecule has 0 radical (unpaired) electrons. The summed E-state index contributed by atoms with van der Waals surface area (Å²) in [6.07, 6.45) is 7.79. The largest absolute Gasteiger partial charge is 0.339 e. The van der Waals surface area contributed by atoms with Crippen molar-refractivity contribution in [1.29, 1.82) is 0 Å². The molecule has 18 heavy (non-hydrogen) atoms. The first-order chi connectivity index (χ1) is 8.79. The molecule has 4 fully saturated rings. The normalized spacial score (nSPS) is 41.5. The molecule has 0 atom stereocenters. The summed E-state index contributed by atoms with van der Waals surface area (Å²) in [5.41, 5.74) is 1.50. The van der Waals surface area contributed by atoms with Gasteiger partial charge in [0.1, 0.15) is 6.54 Å². The molecule has 1 heterocycles. The first kappa shape index (κ1) is 11.5. The van der Waals surface area contributed by atoms with E-state index < -0.39 is 0 Å². The van der Waals surface area contributed by atoms with Gasteiger partial charge in [-0.2, -0.15) is 0 Å². The minimum atomic E-state index is 0.958. The van der Waals surface area contributed by atoms with Crippen molar-refractivity contribution < 1.29 is 5.32 Å². The molecule has 1 aromatic rings. The van der Waals surface area contributed by atoms with Crippen molar-refractivity contribution in [2.24, 2.45) is 23.7 Å². The van der Waals surface area contributed by atoms with E-state index in [1.807, 2.05) is 11.3 Å². The van der Waals surface area contributed by atoms with Crippen LogP contribution in [0.5, 0.6) is 0 Å². The maximum absolute atomic E-state index is 2.70. The molecule has 0 unspecified atom stereocenters. The first-order valence-electron chi connectivity index (χ1n) is 7.66. The molecule has 0 aliphatic heterocycles. The third kappa shape index (κ3) is 1.85. The van der Waals surface area contributed by atoms with Crippen LogP contribution < -0.4 is 5.32 Å². The van der Waals surface area contributed by atoms with E-state index in [2.05, 4.69) is 23.7 Å². The molecule has 4 aliphatic carbocycles. The van der Waals surface area contributed by atoms with Gasteiger partial charge in [0, 0.05) is 11.8 Å². The minimum Gasteiger partial charge on any atom is -0.339 e. The van der Waals surface area contributed by atoms with E-state index in [0.717, 1.165) is 29.7 Å². The number of nitrogens with two attached hydrogens (primary N) is 1. The van der Waals surface area contributed by atoms with Crippen LogP contribution in [0, 0.1) is 30.6 Å². The smallest absolute Gasteiger partial charge is 0.111 e. The summed E-state index contributed by atoms with van der Waals surface area (Å²) in [5.74, 6) is 4.34. The molecule has 5 rings (SSSR count). The number of thiophene rings is 1. The highest BCUT2D eigenvalue weighted by Gasteiger charge is 2.50. The lowest BCUT2D eigenvalue weighted by molar-refractivity contribution is -0.722. The predicted octanol–water partition coefficient (Wildman–Crippen LogP) is 2.94. The van der Waals surface area contributed by atoms with Crippen LogP contribution in [0.4, 0.5) is 0 Å². The molecular formula is C16H24NS+. The Hall–Kier alpha value is -0.340.